The minimum atomic E-state index is -0.494. The Morgan fingerprint density at radius 3 is 2.61 bits per heavy atom. The van der Waals surface area contributed by atoms with Crippen LogP contribution in [0.5, 0.6) is 0 Å². The maximum Gasteiger partial charge on any atom is 0.0746 e. The van der Waals surface area contributed by atoms with Crippen molar-refractivity contribution in [3.8, 4) is 0 Å². The van der Waals surface area contributed by atoms with Gasteiger partial charge in [0.2, 0.25) is 0 Å². The monoisotopic (exact) mass is 254 g/mol. The minimum Gasteiger partial charge on any atom is -0.389 e. The molecule has 2 fully saturated rings. The summed E-state index contributed by atoms with van der Waals surface area (Å²) in [6.45, 7) is 9.58. The molecule has 1 saturated heterocycles. The number of nitrogens with zero attached hydrogens (tertiary/aromatic N) is 1. The summed E-state index contributed by atoms with van der Waals surface area (Å²) < 4.78 is 0. The predicted molar refractivity (Wildman–Crippen MR) is 75.4 cm³/mol. The lowest BCUT2D eigenvalue weighted by molar-refractivity contribution is -0.0262. The van der Waals surface area contributed by atoms with Crippen molar-refractivity contribution >= 4 is 0 Å². The van der Waals surface area contributed by atoms with Gasteiger partial charge in [-0.2, -0.15) is 0 Å². The standard InChI is InChI=1S/C15H30N2O/c1-14(2)7-4-6-12(13(14)16)10-17-9-5-8-15(3,18)11-17/h12-13,18H,4-11,16H2,1-3H3. The first-order valence-corrected chi connectivity index (χ1v) is 7.50. The molecule has 3 nitrogen and oxygen atoms in total. The number of hydrogen-bond acceptors (Lipinski definition) is 3. The molecule has 1 aliphatic heterocycles. The summed E-state index contributed by atoms with van der Waals surface area (Å²) >= 11 is 0. The molecule has 0 radical (unpaired) electrons. The molecular weight excluding hydrogens is 224 g/mol. The molecule has 2 rings (SSSR count). The van der Waals surface area contributed by atoms with E-state index in [1.165, 1.54) is 19.3 Å². The molecule has 18 heavy (non-hydrogen) atoms. The van der Waals surface area contributed by atoms with Gasteiger partial charge in [-0.15, -0.1) is 0 Å². The van der Waals surface area contributed by atoms with Crippen LogP contribution in [0.4, 0.5) is 0 Å². The van der Waals surface area contributed by atoms with Gasteiger partial charge in [0.05, 0.1) is 5.60 Å². The smallest absolute Gasteiger partial charge is 0.0746 e. The molecule has 0 spiro atoms. The average molecular weight is 254 g/mol. The lowest BCUT2D eigenvalue weighted by atomic mass is 9.68. The van der Waals surface area contributed by atoms with Crippen LogP contribution in [0.1, 0.15) is 52.9 Å². The van der Waals surface area contributed by atoms with E-state index in [2.05, 4.69) is 18.7 Å². The Morgan fingerprint density at radius 2 is 1.94 bits per heavy atom. The van der Waals surface area contributed by atoms with Gasteiger partial charge in [-0.25, -0.2) is 0 Å². The Bertz CT molecular complexity index is 288. The first kappa shape index (κ1) is 14.3. The zero-order valence-corrected chi connectivity index (χ0v) is 12.3. The highest BCUT2D eigenvalue weighted by Gasteiger charge is 2.38. The fraction of sp³-hybridized carbons (Fsp3) is 1.00. The zero-order chi connectivity index (χ0) is 13.4. The van der Waals surface area contributed by atoms with E-state index in [4.69, 9.17) is 5.73 Å². The van der Waals surface area contributed by atoms with Gasteiger partial charge in [0.25, 0.3) is 0 Å². The SMILES string of the molecule is CC1(O)CCCN(CC2CCCC(C)(C)C2N)C1. The van der Waals surface area contributed by atoms with Crippen molar-refractivity contribution in [1.82, 2.24) is 4.90 Å². The van der Waals surface area contributed by atoms with Crippen molar-refractivity contribution in [2.24, 2.45) is 17.1 Å². The first-order chi connectivity index (χ1) is 8.30. The van der Waals surface area contributed by atoms with E-state index in [9.17, 15) is 5.11 Å². The normalized spacial score (nSPS) is 41.8. The van der Waals surface area contributed by atoms with E-state index in [1.807, 2.05) is 6.92 Å². The summed E-state index contributed by atoms with van der Waals surface area (Å²) in [5.41, 5.74) is 6.24. The molecule has 0 aromatic carbocycles. The van der Waals surface area contributed by atoms with E-state index in [1.54, 1.807) is 0 Å². The van der Waals surface area contributed by atoms with Crippen molar-refractivity contribution in [3.63, 3.8) is 0 Å². The third-order valence-corrected chi connectivity index (χ3v) is 5.05. The molecule has 0 bridgehead atoms. The van der Waals surface area contributed by atoms with Gasteiger partial charge < -0.3 is 15.7 Å². The third-order valence-electron chi connectivity index (χ3n) is 5.05. The highest BCUT2D eigenvalue weighted by Crippen LogP contribution is 2.38. The minimum absolute atomic E-state index is 0.279. The number of nitrogens with two attached hydrogens (primary N) is 1. The van der Waals surface area contributed by atoms with Crippen LogP contribution in [-0.2, 0) is 0 Å². The number of rotatable bonds is 2. The van der Waals surface area contributed by atoms with Crippen molar-refractivity contribution < 1.29 is 5.11 Å². The summed E-state index contributed by atoms with van der Waals surface area (Å²) in [4.78, 5) is 2.43. The van der Waals surface area contributed by atoms with E-state index < -0.39 is 5.60 Å². The van der Waals surface area contributed by atoms with Gasteiger partial charge in [-0.3, -0.25) is 0 Å². The first-order valence-electron chi connectivity index (χ1n) is 7.50. The highest BCUT2D eigenvalue weighted by atomic mass is 16.3. The molecule has 3 unspecified atom stereocenters. The second-order valence-electron chi connectivity index (χ2n) is 7.50. The summed E-state index contributed by atoms with van der Waals surface area (Å²) in [5.74, 6) is 0.600. The molecule has 2 aliphatic rings. The van der Waals surface area contributed by atoms with Crippen molar-refractivity contribution in [2.75, 3.05) is 19.6 Å². The second-order valence-corrected chi connectivity index (χ2v) is 7.50. The van der Waals surface area contributed by atoms with Gasteiger partial charge in [0, 0.05) is 19.1 Å². The Kier molecular flexibility index (Phi) is 4.05. The summed E-state index contributed by atoms with van der Waals surface area (Å²) in [6, 6.07) is 0.304. The Morgan fingerprint density at radius 1 is 1.22 bits per heavy atom. The van der Waals surface area contributed by atoms with E-state index in [0.29, 0.717) is 12.0 Å². The van der Waals surface area contributed by atoms with Gasteiger partial charge in [0.15, 0.2) is 0 Å². The van der Waals surface area contributed by atoms with Gasteiger partial charge >= 0.3 is 0 Å². The van der Waals surface area contributed by atoms with E-state index in [-0.39, 0.29) is 5.41 Å². The molecule has 0 amide bonds. The Balaban J connectivity index is 1.92. The quantitative estimate of drug-likeness (QED) is 0.792. The third kappa shape index (κ3) is 3.25. The maximum atomic E-state index is 10.2. The van der Waals surface area contributed by atoms with Crippen LogP contribution in [0.15, 0.2) is 0 Å². The van der Waals surface area contributed by atoms with Gasteiger partial charge in [-0.05, 0) is 50.5 Å². The van der Waals surface area contributed by atoms with Crippen LogP contribution in [0.3, 0.4) is 0 Å². The summed E-state index contributed by atoms with van der Waals surface area (Å²) in [7, 11) is 0. The van der Waals surface area contributed by atoms with Crippen LogP contribution >= 0.6 is 0 Å². The molecule has 3 N–H and O–H groups in total. The van der Waals surface area contributed by atoms with Crippen molar-refractivity contribution in [2.45, 2.75) is 64.5 Å². The number of hydrogen-bond donors (Lipinski definition) is 2. The van der Waals surface area contributed by atoms with Crippen LogP contribution in [0, 0.1) is 11.3 Å². The number of β-amino-alcohol motifs (C(OH)–C–C–N with tert-alkyl or cyclic N) is 1. The van der Waals surface area contributed by atoms with Crippen LogP contribution < -0.4 is 5.73 Å². The number of aliphatic hydroxyl groups is 1. The zero-order valence-electron chi connectivity index (χ0n) is 12.3. The second kappa shape index (κ2) is 5.10. The van der Waals surface area contributed by atoms with Gasteiger partial charge in [0.1, 0.15) is 0 Å². The molecule has 106 valence electrons. The fourth-order valence-electron chi connectivity index (χ4n) is 3.82. The van der Waals surface area contributed by atoms with Crippen LogP contribution in [0.2, 0.25) is 0 Å². The molecule has 1 heterocycles. The summed E-state index contributed by atoms with van der Waals surface area (Å²) in [5, 5.41) is 10.2. The largest absolute Gasteiger partial charge is 0.389 e. The molecule has 3 heteroatoms. The molecule has 0 aromatic rings. The average Bonchev–Trinajstić information content (AvgIpc) is 2.23. The molecule has 0 aromatic heterocycles. The molecule has 1 aliphatic carbocycles. The van der Waals surface area contributed by atoms with E-state index in [0.717, 1.165) is 32.5 Å². The topological polar surface area (TPSA) is 49.5 Å². The number of piperidine rings is 1. The Hall–Kier alpha value is -0.120. The van der Waals surface area contributed by atoms with Crippen molar-refractivity contribution in [1.29, 1.82) is 0 Å². The molecule has 1 saturated carbocycles. The van der Waals surface area contributed by atoms with Crippen molar-refractivity contribution in [3.05, 3.63) is 0 Å². The lowest BCUT2D eigenvalue weighted by Crippen LogP contribution is -2.53. The highest BCUT2D eigenvalue weighted by molar-refractivity contribution is 4.93. The molecule has 3 atom stereocenters. The molecular formula is C15H30N2O. The van der Waals surface area contributed by atoms with Crippen LogP contribution in [-0.4, -0.2) is 41.3 Å². The summed E-state index contributed by atoms with van der Waals surface area (Å²) in [6.07, 6.45) is 5.85. The Labute approximate surface area is 112 Å². The van der Waals surface area contributed by atoms with Crippen LogP contribution in [0.25, 0.3) is 0 Å². The van der Waals surface area contributed by atoms with Gasteiger partial charge in [-0.1, -0.05) is 20.3 Å². The number of likely N-dealkylation sites (tertiary alicyclic amines) is 1. The van der Waals surface area contributed by atoms with E-state index >= 15 is 0 Å². The lowest BCUT2D eigenvalue weighted by Gasteiger charge is -2.45. The fourth-order valence-corrected chi connectivity index (χ4v) is 3.82. The predicted octanol–water partition coefficient (Wildman–Crippen LogP) is 1.99. The maximum absolute atomic E-state index is 10.2.